The Morgan fingerprint density at radius 1 is 1.41 bits per heavy atom. The number of nitrogens with zero attached hydrogens (tertiary/aromatic N) is 3. The molecule has 1 heterocycles. The quantitative estimate of drug-likeness (QED) is 0.841. The highest BCUT2D eigenvalue weighted by Gasteiger charge is 2.10. The average Bonchev–Trinajstić information content (AvgIpc) is 2.30. The first-order valence-corrected chi connectivity index (χ1v) is 4.97. The summed E-state index contributed by atoms with van der Waals surface area (Å²) in [6.45, 7) is 0. The summed E-state index contributed by atoms with van der Waals surface area (Å²) in [7, 11) is 0. The lowest BCUT2D eigenvalue weighted by atomic mass is 10.1. The molecule has 0 aliphatic heterocycles. The molecule has 2 aromatic rings. The number of anilines is 1. The van der Waals surface area contributed by atoms with Crippen molar-refractivity contribution >= 4 is 17.4 Å². The van der Waals surface area contributed by atoms with Gasteiger partial charge in [0.05, 0.1) is 11.9 Å². The Morgan fingerprint density at radius 2 is 2.18 bits per heavy atom. The first-order chi connectivity index (χ1) is 8.11. The van der Waals surface area contributed by atoms with Gasteiger partial charge in [0.2, 0.25) is 0 Å². The Balaban J connectivity index is 2.58. The van der Waals surface area contributed by atoms with Crippen LogP contribution in [0.4, 0.5) is 10.2 Å². The van der Waals surface area contributed by atoms with Crippen molar-refractivity contribution in [2.45, 2.75) is 0 Å². The first-order valence-electron chi connectivity index (χ1n) is 4.60. The molecule has 4 nitrogen and oxygen atoms in total. The van der Waals surface area contributed by atoms with E-state index in [1.165, 1.54) is 24.4 Å². The molecule has 0 spiro atoms. The highest BCUT2D eigenvalue weighted by molar-refractivity contribution is 6.30. The first kappa shape index (κ1) is 11.3. The van der Waals surface area contributed by atoms with Crippen LogP contribution in [0, 0.1) is 17.1 Å². The van der Waals surface area contributed by atoms with Crippen LogP contribution in [0.2, 0.25) is 5.02 Å². The Hall–Kier alpha value is -2.19. The number of nitrogens with two attached hydrogens (primary N) is 1. The second-order valence-corrected chi connectivity index (χ2v) is 3.66. The Kier molecular flexibility index (Phi) is 2.90. The molecule has 0 fully saturated rings. The Bertz CT molecular complexity index is 621. The van der Waals surface area contributed by atoms with Crippen molar-refractivity contribution in [3.05, 3.63) is 40.9 Å². The lowest BCUT2D eigenvalue weighted by molar-refractivity contribution is 0.630. The van der Waals surface area contributed by atoms with Crippen LogP contribution >= 0.6 is 11.6 Å². The van der Waals surface area contributed by atoms with Crippen LogP contribution in [0.1, 0.15) is 5.69 Å². The Morgan fingerprint density at radius 3 is 2.82 bits per heavy atom. The largest absolute Gasteiger partial charge is 0.381 e. The topological polar surface area (TPSA) is 75.6 Å². The predicted octanol–water partition coefficient (Wildman–Crippen LogP) is 2.39. The van der Waals surface area contributed by atoms with Crippen molar-refractivity contribution in [1.82, 2.24) is 9.97 Å². The molecule has 0 amide bonds. The summed E-state index contributed by atoms with van der Waals surface area (Å²) in [4.78, 5) is 7.70. The minimum absolute atomic E-state index is 0.0191. The van der Waals surface area contributed by atoms with Gasteiger partial charge in [0.15, 0.2) is 11.5 Å². The van der Waals surface area contributed by atoms with Gasteiger partial charge in [-0.2, -0.15) is 5.26 Å². The normalized spacial score (nSPS) is 9.94. The van der Waals surface area contributed by atoms with E-state index in [1.807, 2.05) is 0 Å². The van der Waals surface area contributed by atoms with E-state index < -0.39 is 5.82 Å². The molecular formula is C11H6ClFN4. The van der Waals surface area contributed by atoms with Crippen LogP contribution in [0.15, 0.2) is 24.4 Å². The molecule has 0 unspecified atom stereocenters. The number of rotatable bonds is 1. The van der Waals surface area contributed by atoms with E-state index in [2.05, 4.69) is 9.97 Å². The van der Waals surface area contributed by atoms with Crippen LogP contribution in [-0.2, 0) is 0 Å². The zero-order valence-corrected chi connectivity index (χ0v) is 9.24. The molecule has 0 aliphatic carbocycles. The monoisotopic (exact) mass is 248 g/mol. The molecule has 1 aromatic carbocycles. The second-order valence-electron chi connectivity index (χ2n) is 3.23. The van der Waals surface area contributed by atoms with E-state index in [0.717, 1.165) is 0 Å². The van der Waals surface area contributed by atoms with Gasteiger partial charge in [-0.3, -0.25) is 0 Å². The number of benzene rings is 1. The van der Waals surface area contributed by atoms with Crippen LogP contribution in [0.3, 0.4) is 0 Å². The van der Waals surface area contributed by atoms with Gasteiger partial charge in [-0.1, -0.05) is 11.6 Å². The molecular weight excluding hydrogens is 243 g/mol. The third-order valence-corrected chi connectivity index (χ3v) is 2.35. The third-order valence-electron chi connectivity index (χ3n) is 2.11. The second kappa shape index (κ2) is 4.36. The maximum absolute atomic E-state index is 13.6. The summed E-state index contributed by atoms with van der Waals surface area (Å²) in [5.74, 6) is -0.508. The van der Waals surface area contributed by atoms with Crippen molar-refractivity contribution in [2.24, 2.45) is 0 Å². The standard InChI is InChI=1S/C11H6ClFN4/c12-6-1-2-7(8(13)3-6)10-5-16-11(15)9(4-14)17-10/h1-3,5H,(H2,15,16). The number of hydrogen-bond donors (Lipinski definition) is 1. The molecule has 6 heteroatoms. The maximum Gasteiger partial charge on any atom is 0.183 e. The fourth-order valence-electron chi connectivity index (χ4n) is 1.31. The summed E-state index contributed by atoms with van der Waals surface area (Å²) in [6.07, 6.45) is 1.31. The van der Waals surface area contributed by atoms with E-state index in [4.69, 9.17) is 22.6 Å². The lowest BCUT2D eigenvalue weighted by Crippen LogP contribution is -1.99. The summed E-state index contributed by atoms with van der Waals surface area (Å²) in [5, 5.41) is 9.04. The minimum Gasteiger partial charge on any atom is -0.381 e. The summed E-state index contributed by atoms with van der Waals surface area (Å²) >= 11 is 5.64. The van der Waals surface area contributed by atoms with E-state index >= 15 is 0 Å². The van der Waals surface area contributed by atoms with Crippen molar-refractivity contribution in [3.8, 4) is 17.3 Å². The van der Waals surface area contributed by atoms with Crippen molar-refractivity contribution < 1.29 is 4.39 Å². The maximum atomic E-state index is 13.6. The smallest absolute Gasteiger partial charge is 0.183 e. The third kappa shape index (κ3) is 2.17. The fraction of sp³-hybridized carbons (Fsp3) is 0. The van der Waals surface area contributed by atoms with E-state index in [-0.39, 0.29) is 27.8 Å². The molecule has 2 N–H and O–H groups in total. The van der Waals surface area contributed by atoms with Gasteiger partial charge in [0, 0.05) is 10.6 Å². The molecule has 2 rings (SSSR count). The molecule has 0 radical (unpaired) electrons. The highest BCUT2D eigenvalue weighted by Crippen LogP contribution is 2.24. The summed E-state index contributed by atoms with van der Waals surface area (Å²) in [6, 6.07) is 5.96. The molecule has 1 aromatic heterocycles. The van der Waals surface area contributed by atoms with Gasteiger partial charge < -0.3 is 5.73 Å². The van der Waals surface area contributed by atoms with Crippen molar-refractivity contribution in [2.75, 3.05) is 5.73 Å². The van der Waals surface area contributed by atoms with Crippen LogP contribution in [0.25, 0.3) is 11.3 Å². The van der Waals surface area contributed by atoms with E-state index in [9.17, 15) is 4.39 Å². The van der Waals surface area contributed by atoms with Gasteiger partial charge >= 0.3 is 0 Å². The predicted molar refractivity (Wildman–Crippen MR) is 61.6 cm³/mol. The zero-order chi connectivity index (χ0) is 12.4. The van der Waals surface area contributed by atoms with Gasteiger partial charge in [-0.25, -0.2) is 14.4 Å². The van der Waals surface area contributed by atoms with Gasteiger partial charge in [-0.15, -0.1) is 0 Å². The number of hydrogen-bond acceptors (Lipinski definition) is 4. The zero-order valence-electron chi connectivity index (χ0n) is 8.48. The molecule has 17 heavy (non-hydrogen) atoms. The van der Waals surface area contributed by atoms with Gasteiger partial charge in [0.1, 0.15) is 11.9 Å². The summed E-state index contributed by atoms with van der Waals surface area (Å²) < 4.78 is 13.6. The molecule has 0 saturated heterocycles. The number of aromatic nitrogens is 2. The van der Waals surface area contributed by atoms with Crippen LogP contribution in [-0.4, -0.2) is 9.97 Å². The minimum atomic E-state index is -0.527. The number of nitrogen functional groups attached to an aromatic ring is 1. The van der Waals surface area contributed by atoms with Gasteiger partial charge in [-0.05, 0) is 18.2 Å². The average molecular weight is 249 g/mol. The van der Waals surface area contributed by atoms with E-state index in [0.29, 0.717) is 0 Å². The highest BCUT2D eigenvalue weighted by atomic mass is 35.5. The van der Waals surface area contributed by atoms with Gasteiger partial charge in [0.25, 0.3) is 0 Å². The fourth-order valence-corrected chi connectivity index (χ4v) is 1.47. The number of halogens is 2. The van der Waals surface area contributed by atoms with Crippen LogP contribution < -0.4 is 5.73 Å². The molecule has 84 valence electrons. The molecule has 0 atom stereocenters. The number of nitriles is 1. The molecule has 0 aliphatic rings. The van der Waals surface area contributed by atoms with Crippen molar-refractivity contribution in [1.29, 1.82) is 5.26 Å². The Labute approximate surface area is 101 Å². The summed E-state index contributed by atoms with van der Waals surface area (Å²) in [5.41, 5.74) is 5.86. The molecule has 0 bridgehead atoms. The lowest BCUT2D eigenvalue weighted by Gasteiger charge is -2.04. The van der Waals surface area contributed by atoms with Crippen LogP contribution in [0.5, 0.6) is 0 Å². The van der Waals surface area contributed by atoms with E-state index in [1.54, 1.807) is 6.07 Å². The molecule has 0 saturated carbocycles. The SMILES string of the molecule is N#Cc1nc(-c2ccc(Cl)cc2F)cnc1N. The van der Waals surface area contributed by atoms with Crippen molar-refractivity contribution in [3.63, 3.8) is 0 Å².